The van der Waals surface area contributed by atoms with Crippen molar-refractivity contribution in [1.29, 1.82) is 0 Å². The van der Waals surface area contributed by atoms with Gasteiger partial charge in [0.1, 0.15) is 5.75 Å². The van der Waals surface area contributed by atoms with Gasteiger partial charge in [0.15, 0.2) is 5.78 Å². The van der Waals surface area contributed by atoms with E-state index in [0.717, 1.165) is 22.2 Å². The van der Waals surface area contributed by atoms with Crippen LogP contribution in [0.3, 0.4) is 0 Å². The lowest BCUT2D eigenvalue weighted by atomic mass is 9.88. The Morgan fingerprint density at radius 2 is 2.06 bits per heavy atom. The molecular weight excluding hydrogens is 226 g/mol. The highest BCUT2D eigenvalue weighted by Crippen LogP contribution is 2.27. The monoisotopic (exact) mass is 245 g/mol. The average molecular weight is 245 g/mol. The topological polar surface area (TPSA) is 42.1 Å². The molecule has 0 aliphatic carbocycles. The number of aromatic amines is 1. The van der Waals surface area contributed by atoms with Crippen LogP contribution in [-0.2, 0) is 0 Å². The largest absolute Gasteiger partial charge is 0.497 e. The first kappa shape index (κ1) is 12.7. The molecule has 0 bridgehead atoms. The van der Waals surface area contributed by atoms with Crippen molar-refractivity contribution < 1.29 is 9.53 Å². The van der Waals surface area contributed by atoms with E-state index in [2.05, 4.69) is 25.8 Å². The van der Waals surface area contributed by atoms with Gasteiger partial charge in [0.25, 0.3) is 0 Å². The van der Waals surface area contributed by atoms with Gasteiger partial charge in [-0.1, -0.05) is 20.8 Å². The molecule has 1 aromatic heterocycles. The number of rotatable bonds is 3. The van der Waals surface area contributed by atoms with E-state index in [0.29, 0.717) is 6.42 Å². The molecule has 0 radical (unpaired) electrons. The maximum atomic E-state index is 12.3. The molecule has 0 fully saturated rings. The molecule has 0 spiro atoms. The summed E-state index contributed by atoms with van der Waals surface area (Å²) in [5.74, 6) is 0.939. The summed E-state index contributed by atoms with van der Waals surface area (Å²) in [6.07, 6.45) is 2.33. The van der Waals surface area contributed by atoms with Crippen molar-refractivity contribution in [3.05, 3.63) is 30.0 Å². The summed E-state index contributed by atoms with van der Waals surface area (Å²) in [4.78, 5) is 15.4. The number of carbonyl (C=O) groups excluding carboxylic acids is 1. The number of H-pyrrole nitrogens is 1. The number of nitrogens with one attached hydrogen (secondary N) is 1. The van der Waals surface area contributed by atoms with Crippen molar-refractivity contribution in [2.75, 3.05) is 7.11 Å². The molecule has 0 saturated heterocycles. The van der Waals surface area contributed by atoms with E-state index in [4.69, 9.17) is 4.74 Å². The van der Waals surface area contributed by atoms with Crippen LogP contribution >= 0.6 is 0 Å². The van der Waals surface area contributed by atoms with Gasteiger partial charge >= 0.3 is 0 Å². The molecule has 0 aliphatic heterocycles. The van der Waals surface area contributed by atoms with Gasteiger partial charge in [0, 0.05) is 29.1 Å². The number of ketones is 1. The molecular formula is C15H19NO2. The van der Waals surface area contributed by atoms with Gasteiger partial charge in [-0.2, -0.15) is 0 Å². The molecule has 1 aromatic carbocycles. The third-order valence-corrected chi connectivity index (χ3v) is 2.88. The smallest absolute Gasteiger partial charge is 0.165 e. The summed E-state index contributed by atoms with van der Waals surface area (Å²) in [6.45, 7) is 6.21. The van der Waals surface area contributed by atoms with Crippen molar-refractivity contribution in [3.8, 4) is 5.75 Å². The molecule has 0 atom stereocenters. The zero-order valence-electron chi connectivity index (χ0n) is 11.3. The van der Waals surface area contributed by atoms with Crippen LogP contribution in [-0.4, -0.2) is 17.9 Å². The van der Waals surface area contributed by atoms with Gasteiger partial charge in [-0.25, -0.2) is 0 Å². The Hall–Kier alpha value is -1.77. The Morgan fingerprint density at radius 1 is 1.33 bits per heavy atom. The number of ether oxygens (including phenoxy) is 1. The Morgan fingerprint density at radius 3 is 2.67 bits per heavy atom. The highest BCUT2D eigenvalue weighted by atomic mass is 16.5. The molecule has 0 unspecified atom stereocenters. The van der Waals surface area contributed by atoms with E-state index in [1.54, 1.807) is 13.3 Å². The molecule has 3 heteroatoms. The lowest BCUT2D eigenvalue weighted by molar-refractivity contribution is 0.0941. The SMILES string of the molecule is COc1ccc2[nH]cc(C(=O)CC(C)(C)C)c2c1. The standard InChI is InChI=1S/C15H19NO2/c1-15(2,3)8-14(17)12-9-16-13-6-5-10(18-4)7-11(12)13/h5-7,9,16H,8H2,1-4H3. The summed E-state index contributed by atoms with van der Waals surface area (Å²) < 4.78 is 5.20. The summed E-state index contributed by atoms with van der Waals surface area (Å²) in [5.41, 5.74) is 1.71. The molecule has 2 rings (SSSR count). The van der Waals surface area contributed by atoms with Crippen LogP contribution < -0.4 is 4.74 Å². The summed E-state index contributed by atoms with van der Waals surface area (Å²) in [5, 5.41) is 0.934. The number of fused-ring (bicyclic) bond motifs is 1. The van der Waals surface area contributed by atoms with Crippen LogP contribution in [0.25, 0.3) is 10.9 Å². The third-order valence-electron chi connectivity index (χ3n) is 2.88. The fourth-order valence-electron chi connectivity index (χ4n) is 2.03. The van der Waals surface area contributed by atoms with Crippen molar-refractivity contribution in [3.63, 3.8) is 0 Å². The Kier molecular flexibility index (Phi) is 3.16. The first-order chi connectivity index (χ1) is 8.40. The average Bonchev–Trinajstić information content (AvgIpc) is 2.69. The van der Waals surface area contributed by atoms with E-state index in [1.165, 1.54) is 0 Å². The highest BCUT2D eigenvalue weighted by molar-refractivity contribution is 6.08. The number of carbonyl (C=O) groups is 1. The van der Waals surface area contributed by atoms with Gasteiger partial charge in [-0.3, -0.25) is 4.79 Å². The number of benzene rings is 1. The second kappa shape index (κ2) is 4.48. The van der Waals surface area contributed by atoms with Crippen molar-refractivity contribution in [2.45, 2.75) is 27.2 Å². The second-order valence-corrected chi connectivity index (χ2v) is 5.77. The van der Waals surface area contributed by atoms with Crippen LogP contribution in [0, 0.1) is 5.41 Å². The number of Topliss-reactive ketones (excluding diaryl/α,β-unsaturated/α-hetero) is 1. The summed E-state index contributed by atoms with van der Waals surface area (Å²) in [6, 6.07) is 5.72. The van der Waals surface area contributed by atoms with Crippen LogP contribution in [0.1, 0.15) is 37.6 Å². The Labute approximate surface area is 107 Å². The summed E-state index contributed by atoms with van der Waals surface area (Å²) >= 11 is 0. The molecule has 96 valence electrons. The van der Waals surface area contributed by atoms with Crippen LogP contribution in [0.15, 0.2) is 24.4 Å². The lowest BCUT2D eigenvalue weighted by Gasteiger charge is -2.16. The predicted molar refractivity (Wildman–Crippen MR) is 73.3 cm³/mol. The van der Waals surface area contributed by atoms with E-state index < -0.39 is 0 Å². The van der Waals surface area contributed by atoms with Crippen LogP contribution in [0.4, 0.5) is 0 Å². The zero-order chi connectivity index (χ0) is 13.3. The predicted octanol–water partition coefficient (Wildman–Crippen LogP) is 3.80. The van der Waals surface area contributed by atoms with Gasteiger partial charge in [-0.05, 0) is 23.6 Å². The molecule has 1 heterocycles. The molecule has 0 amide bonds. The van der Waals surface area contributed by atoms with Gasteiger partial charge < -0.3 is 9.72 Å². The lowest BCUT2D eigenvalue weighted by Crippen LogP contribution is -2.12. The first-order valence-electron chi connectivity index (χ1n) is 6.09. The minimum atomic E-state index is -0.000453. The molecule has 0 aliphatic rings. The molecule has 0 saturated carbocycles. The summed E-state index contributed by atoms with van der Waals surface area (Å²) in [7, 11) is 1.63. The van der Waals surface area contributed by atoms with Crippen LogP contribution in [0.2, 0.25) is 0 Å². The van der Waals surface area contributed by atoms with E-state index >= 15 is 0 Å². The maximum Gasteiger partial charge on any atom is 0.165 e. The van der Waals surface area contributed by atoms with Crippen molar-refractivity contribution in [1.82, 2.24) is 4.98 Å². The third kappa shape index (κ3) is 2.55. The van der Waals surface area contributed by atoms with Crippen molar-refractivity contribution in [2.24, 2.45) is 5.41 Å². The number of aromatic nitrogens is 1. The normalized spacial score (nSPS) is 11.8. The zero-order valence-corrected chi connectivity index (χ0v) is 11.3. The number of methoxy groups -OCH3 is 1. The Balaban J connectivity index is 2.42. The minimum absolute atomic E-state index is 0.000453. The molecule has 18 heavy (non-hydrogen) atoms. The van der Waals surface area contributed by atoms with Gasteiger partial charge in [-0.15, -0.1) is 0 Å². The second-order valence-electron chi connectivity index (χ2n) is 5.77. The first-order valence-corrected chi connectivity index (χ1v) is 6.09. The number of hydrogen-bond donors (Lipinski definition) is 1. The van der Waals surface area contributed by atoms with E-state index in [-0.39, 0.29) is 11.2 Å². The van der Waals surface area contributed by atoms with Gasteiger partial charge in [0.05, 0.1) is 7.11 Å². The molecule has 1 N–H and O–H groups in total. The van der Waals surface area contributed by atoms with Crippen molar-refractivity contribution >= 4 is 16.7 Å². The fourth-order valence-corrected chi connectivity index (χ4v) is 2.03. The maximum absolute atomic E-state index is 12.3. The van der Waals surface area contributed by atoms with E-state index in [9.17, 15) is 4.79 Å². The Bertz CT molecular complexity index is 576. The number of hydrogen-bond acceptors (Lipinski definition) is 2. The highest BCUT2D eigenvalue weighted by Gasteiger charge is 2.19. The minimum Gasteiger partial charge on any atom is -0.497 e. The van der Waals surface area contributed by atoms with Gasteiger partial charge in [0.2, 0.25) is 0 Å². The van der Waals surface area contributed by atoms with E-state index in [1.807, 2.05) is 18.2 Å². The molecule has 3 nitrogen and oxygen atoms in total. The molecule has 2 aromatic rings. The van der Waals surface area contributed by atoms with Crippen LogP contribution in [0.5, 0.6) is 5.75 Å². The quantitative estimate of drug-likeness (QED) is 0.836. The fraction of sp³-hybridized carbons (Fsp3) is 0.400.